The molecule has 0 aromatic carbocycles. The zero-order valence-corrected chi connectivity index (χ0v) is 25.8. The van der Waals surface area contributed by atoms with Crippen LogP contribution in [-0.4, -0.2) is 60.4 Å². The molecule has 0 N–H and O–H groups in total. The highest BCUT2D eigenvalue weighted by Gasteiger charge is 2.54. The van der Waals surface area contributed by atoms with E-state index < -0.39 is 41.2 Å². The Labute approximate surface area is 205 Å². The van der Waals surface area contributed by atoms with E-state index in [9.17, 15) is 4.79 Å². The summed E-state index contributed by atoms with van der Waals surface area (Å²) in [7, 11) is -2.79. The molecule has 0 radical (unpaired) electrons. The van der Waals surface area contributed by atoms with Crippen LogP contribution in [-0.2, 0) is 27.9 Å². The molecule has 196 valence electrons. The molecule has 0 bridgehead atoms. The van der Waals surface area contributed by atoms with Crippen LogP contribution in [0.15, 0.2) is 0 Å². The second kappa shape index (κ2) is 11.2. The van der Waals surface area contributed by atoms with Gasteiger partial charge in [-0.05, 0) is 49.1 Å². The van der Waals surface area contributed by atoms with Gasteiger partial charge in [0.05, 0.1) is 6.10 Å². The topological polar surface area (TPSA) is 63.2 Å². The van der Waals surface area contributed by atoms with Crippen LogP contribution in [0.2, 0.25) is 36.3 Å². The minimum Gasteiger partial charge on any atom is -0.457 e. The molecule has 6 nitrogen and oxygen atoms in total. The lowest BCUT2D eigenvalue weighted by molar-refractivity contribution is -0.282. The maximum Gasteiger partial charge on any atom is 0.306 e. The third kappa shape index (κ3) is 7.87. The molecule has 0 amide bonds. The average Bonchev–Trinajstić information content (AvgIpc) is 2.64. The predicted molar refractivity (Wildman–Crippen MR) is 139 cm³/mol. The van der Waals surface area contributed by atoms with E-state index in [1.165, 1.54) is 0 Å². The van der Waals surface area contributed by atoms with Crippen molar-refractivity contribution in [2.24, 2.45) is 5.92 Å². The molecular formula is C25H52O6Si2. The normalized spacial score (nSPS) is 28.5. The van der Waals surface area contributed by atoms with Crippen LogP contribution in [0.3, 0.4) is 0 Å². The van der Waals surface area contributed by atoms with Gasteiger partial charge in [0, 0.05) is 13.5 Å². The van der Waals surface area contributed by atoms with Gasteiger partial charge in [0.2, 0.25) is 0 Å². The largest absolute Gasteiger partial charge is 0.457 e. The molecule has 33 heavy (non-hydrogen) atoms. The number of carbonyl (C=O) groups excluding carboxylic acids is 1. The van der Waals surface area contributed by atoms with Crippen molar-refractivity contribution in [1.82, 2.24) is 0 Å². The smallest absolute Gasteiger partial charge is 0.306 e. The standard InChI is InChI=1S/C25H52O6Si2/c1-15-17(2)16-19(26)29-20-18(3)28-23(27-10)22(31-33(13,14)25(7,8)9)21(20)30-32(11,12)24(4,5)6/h17-18,20-23H,15-16H2,1-14H3/t17-,18?,20?,21?,22?,23?/m0/s1. The molecular weight excluding hydrogens is 452 g/mol. The van der Waals surface area contributed by atoms with Crippen molar-refractivity contribution in [1.29, 1.82) is 0 Å². The Kier molecular flexibility index (Phi) is 10.5. The molecule has 1 saturated heterocycles. The molecule has 8 heteroatoms. The van der Waals surface area contributed by atoms with Gasteiger partial charge in [-0.25, -0.2) is 0 Å². The van der Waals surface area contributed by atoms with Crippen molar-refractivity contribution in [2.45, 2.75) is 142 Å². The molecule has 5 unspecified atom stereocenters. The third-order valence-corrected chi connectivity index (χ3v) is 16.9. The first-order valence-electron chi connectivity index (χ1n) is 12.5. The molecule has 1 aliphatic heterocycles. The monoisotopic (exact) mass is 504 g/mol. The molecule has 1 rings (SSSR count). The fourth-order valence-electron chi connectivity index (χ4n) is 3.25. The summed E-state index contributed by atoms with van der Waals surface area (Å²) < 4.78 is 31.9. The lowest BCUT2D eigenvalue weighted by Crippen LogP contribution is -2.65. The number of hydrogen-bond donors (Lipinski definition) is 0. The molecule has 0 saturated carbocycles. The van der Waals surface area contributed by atoms with Gasteiger partial charge in [-0.2, -0.15) is 0 Å². The first kappa shape index (κ1) is 30.8. The molecule has 0 aromatic heterocycles. The quantitative estimate of drug-likeness (QED) is 0.263. The SMILES string of the molecule is CC[C@H](C)CC(=O)OC1C(C)OC(OC)C(O[Si](C)(C)C(C)(C)C)C1O[Si](C)(C)C(C)(C)C. The minimum absolute atomic E-state index is 0.00138. The number of carbonyl (C=O) groups is 1. The van der Waals surface area contributed by atoms with Crippen LogP contribution >= 0.6 is 0 Å². The lowest BCUT2D eigenvalue weighted by Gasteiger charge is -2.51. The predicted octanol–water partition coefficient (Wildman–Crippen LogP) is 6.51. The Morgan fingerprint density at radius 1 is 0.909 bits per heavy atom. The van der Waals surface area contributed by atoms with Gasteiger partial charge < -0.3 is 23.1 Å². The minimum atomic E-state index is -2.23. The Morgan fingerprint density at radius 3 is 1.76 bits per heavy atom. The Balaban J connectivity index is 3.44. The van der Waals surface area contributed by atoms with E-state index in [4.69, 9.17) is 23.1 Å². The molecule has 1 aliphatic rings. The summed E-state index contributed by atoms with van der Waals surface area (Å²) in [5.74, 6) is 0.0543. The van der Waals surface area contributed by atoms with Gasteiger partial charge in [0.1, 0.15) is 12.2 Å². The van der Waals surface area contributed by atoms with Crippen LogP contribution in [0.4, 0.5) is 0 Å². The van der Waals surface area contributed by atoms with Crippen molar-refractivity contribution in [2.75, 3.05) is 7.11 Å². The fourth-order valence-corrected chi connectivity index (χ4v) is 5.83. The van der Waals surface area contributed by atoms with E-state index in [0.29, 0.717) is 6.42 Å². The van der Waals surface area contributed by atoms with Gasteiger partial charge in [-0.3, -0.25) is 4.79 Å². The fraction of sp³-hybridized carbons (Fsp3) is 0.960. The molecule has 6 atom stereocenters. The van der Waals surface area contributed by atoms with Crippen molar-refractivity contribution in [3.8, 4) is 0 Å². The Bertz CT molecular complexity index is 638. The van der Waals surface area contributed by atoms with Crippen LogP contribution in [0.25, 0.3) is 0 Å². The van der Waals surface area contributed by atoms with Crippen molar-refractivity contribution < 1.29 is 27.9 Å². The van der Waals surface area contributed by atoms with E-state index in [0.717, 1.165) is 6.42 Å². The third-order valence-electron chi connectivity index (χ3n) is 7.91. The van der Waals surface area contributed by atoms with Crippen molar-refractivity contribution in [3.63, 3.8) is 0 Å². The van der Waals surface area contributed by atoms with Gasteiger partial charge in [0.25, 0.3) is 0 Å². The van der Waals surface area contributed by atoms with Crippen LogP contribution in [0, 0.1) is 5.92 Å². The number of ether oxygens (including phenoxy) is 3. The van der Waals surface area contributed by atoms with Gasteiger partial charge in [-0.15, -0.1) is 0 Å². The molecule has 1 heterocycles. The number of hydrogen-bond acceptors (Lipinski definition) is 6. The summed E-state index contributed by atoms with van der Waals surface area (Å²) in [6.45, 7) is 28.2. The molecule has 0 aliphatic carbocycles. The second-order valence-electron chi connectivity index (χ2n) is 12.8. The van der Waals surface area contributed by atoms with Gasteiger partial charge in [-0.1, -0.05) is 61.8 Å². The average molecular weight is 505 g/mol. The summed E-state index contributed by atoms with van der Waals surface area (Å²) in [4.78, 5) is 12.9. The number of esters is 1. The summed E-state index contributed by atoms with van der Waals surface area (Å²) in [6, 6.07) is 0. The first-order valence-corrected chi connectivity index (χ1v) is 18.3. The maximum absolute atomic E-state index is 12.9. The van der Waals surface area contributed by atoms with Gasteiger partial charge >= 0.3 is 5.97 Å². The number of rotatable bonds is 9. The van der Waals surface area contributed by atoms with E-state index in [1.807, 2.05) is 6.92 Å². The Morgan fingerprint density at radius 2 is 1.36 bits per heavy atom. The van der Waals surface area contributed by atoms with Crippen molar-refractivity contribution in [3.05, 3.63) is 0 Å². The highest BCUT2D eigenvalue weighted by Crippen LogP contribution is 2.43. The molecule has 0 aromatic rings. The highest BCUT2D eigenvalue weighted by molar-refractivity contribution is 6.74. The molecule has 0 spiro atoms. The van der Waals surface area contributed by atoms with E-state index in [1.54, 1.807) is 7.11 Å². The lowest BCUT2D eigenvalue weighted by atomic mass is 9.99. The van der Waals surface area contributed by atoms with Crippen molar-refractivity contribution >= 4 is 22.6 Å². The van der Waals surface area contributed by atoms with Crippen LogP contribution in [0.5, 0.6) is 0 Å². The summed E-state index contributed by atoms with van der Waals surface area (Å²) in [5.41, 5.74) is 0. The van der Waals surface area contributed by atoms with E-state index in [-0.39, 0.29) is 28.1 Å². The Hall–Kier alpha value is -0.256. The molecule has 1 fully saturated rings. The van der Waals surface area contributed by atoms with Gasteiger partial charge in [0.15, 0.2) is 29.0 Å². The maximum atomic E-state index is 12.9. The van der Waals surface area contributed by atoms with Crippen LogP contribution in [0.1, 0.15) is 75.2 Å². The summed E-state index contributed by atoms with van der Waals surface area (Å²) >= 11 is 0. The number of methoxy groups -OCH3 is 1. The zero-order chi connectivity index (χ0) is 26.0. The zero-order valence-electron chi connectivity index (χ0n) is 23.8. The first-order chi connectivity index (χ1) is 14.8. The second-order valence-corrected chi connectivity index (χ2v) is 22.3. The summed E-state index contributed by atoms with van der Waals surface area (Å²) in [5, 5.41) is -0.0114. The van der Waals surface area contributed by atoms with Crippen LogP contribution < -0.4 is 0 Å². The summed E-state index contributed by atoms with van der Waals surface area (Å²) in [6.07, 6.45) is -1.15. The van der Waals surface area contributed by atoms with E-state index in [2.05, 4.69) is 81.6 Å². The highest BCUT2D eigenvalue weighted by atomic mass is 28.4. The van der Waals surface area contributed by atoms with E-state index >= 15 is 0 Å².